The van der Waals surface area contributed by atoms with Gasteiger partial charge in [0.2, 0.25) is 0 Å². The fourth-order valence-corrected chi connectivity index (χ4v) is 4.47. The molecule has 1 aliphatic heterocycles. The molecule has 0 radical (unpaired) electrons. The number of nitriles is 1. The number of carbonyl (C=O) groups excluding carboxylic acids is 1. The van der Waals surface area contributed by atoms with E-state index in [0.717, 1.165) is 41.1 Å². The second-order valence-electron chi connectivity index (χ2n) is 10.1. The number of ether oxygens (including phenoxy) is 1. The highest BCUT2D eigenvalue weighted by atomic mass is 16.6. The fraction of sp³-hybridized carbons (Fsp3) is 0.480. The number of hydrogen-bond acceptors (Lipinski definition) is 7. The lowest BCUT2D eigenvalue weighted by atomic mass is 10.1. The van der Waals surface area contributed by atoms with Crippen molar-refractivity contribution < 1.29 is 9.53 Å². The number of amides is 1. The number of aromatic nitrogens is 4. The number of carbonyl (C=O) groups is 1. The maximum Gasteiger partial charge on any atom is 0.410 e. The molecule has 1 unspecified atom stereocenters. The minimum absolute atomic E-state index is 0.0525. The molecule has 5 rings (SSSR count). The first kappa shape index (κ1) is 22.1. The van der Waals surface area contributed by atoms with E-state index < -0.39 is 5.60 Å². The Hall–Kier alpha value is -3.67. The first-order valence-electron chi connectivity index (χ1n) is 11.7. The van der Waals surface area contributed by atoms with Crippen LogP contribution >= 0.6 is 0 Å². The van der Waals surface area contributed by atoms with Crippen LogP contribution in [0.2, 0.25) is 0 Å². The number of nitrogens with zero attached hydrogens (tertiary/aromatic N) is 7. The molecule has 1 aromatic carbocycles. The first-order valence-corrected chi connectivity index (χ1v) is 11.7. The number of piperazine rings is 1. The van der Waals surface area contributed by atoms with Gasteiger partial charge in [0.05, 0.1) is 28.4 Å². The molecular weight excluding hydrogens is 430 g/mol. The van der Waals surface area contributed by atoms with Gasteiger partial charge in [0.1, 0.15) is 17.7 Å². The predicted molar refractivity (Wildman–Crippen MR) is 128 cm³/mol. The Bertz CT molecular complexity index is 1280. The van der Waals surface area contributed by atoms with E-state index in [2.05, 4.69) is 22.9 Å². The van der Waals surface area contributed by atoms with Gasteiger partial charge in [-0.25, -0.2) is 19.4 Å². The topological polar surface area (TPSA) is 100 Å². The van der Waals surface area contributed by atoms with Crippen LogP contribution in [0.1, 0.15) is 57.7 Å². The standard InChI is InChI=1S/C25H29N7O2/c1-16-14-30(24(33)34-25(2,3)4)10-11-31(16)22-20-21(18-8-9-18)29-32(23(20)28-15-27-22)19-7-5-6-17(12-19)13-26/h5-7,12,15-16,18H,8-11,14H2,1-4H3. The Kier molecular flexibility index (Phi) is 5.39. The van der Waals surface area contributed by atoms with Crippen molar-refractivity contribution in [3.8, 4) is 11.8 Å². The van der Waals surface area contributed by atoms with Crippen LogP contribution in [0.3, 0.4) is 0 Å². The second kappa shape index (κ2) is 8.28. The number of anilines is 1. The predicted octanol–water partition coefficient (Wildman–Crippen LogP) is 4.01. The second-order valence-corrected chi connectivity index (χ2v) is 10.1. The van der Waals surface area contributed by atoms with Gasteiger partial charge in [0, 0.05) is 31.6 Å². The van der Waals surface area contributed by atoms with Crippen molar-refractivity contribution in [1.82, 2.24) is 24.6 Å². The maximum absolute atomic E-state index is 12.6. The lowest BCUT2D eigenvalue weighted by molar-refractivity contribution is 0.0218. The van der Waals surface area contributed by atoms with Crippen molar-refractivity contribution in [3.63, 3.8) is 0 Å². The Balaban J connectivity index is 1.51. The van der Waals surface area contributed by atoms with E-state index in [1.807, 2.05) is 43.7 Å². The van der Waals surface area contributed by atoms with Crippen LogP contribution in [-0.4, -0.2) is 62.0 Å². The van der Waals surface area contributed by atoms with Gasteiger partial charge in [-0.15, -0.1) is 0 Å². The molecule has 1 saturated heterocycles. The van der Waals surface area contributed by atoms with Gasteiger partial charge in [-0.1, -0.05) is 6.07 Å². The molecule has 3 aromatic rings. The summed E-state index contributed by atoms with van der Waals surface area (Å²) in [6.45, 7) is 9.50. The van der Waals surface area contributed by atoms with E-state index in [1.165, 1.54) is 0 Å². The summed E-state index contributed by atoms with van der Waals surface area (Å²) >= 11 is 0. The summed E-state index contributed by atoms with van der Waals surface area (Å²) < 4.78 is 7.40. The molecule has 2 aromatic heterocycles. The van der Waals surface area contributed by atoms with E-state index in [-0.39, 0.29) is 12.1 Å². The molecule has 34 heavy (non-hydrogen) atoms. The molecule has 1 saturated carbocycles. The molecule has 3 heterocycles. The van der Waals surface area contributed by atoms with Crippen LogP contribution < -0.4 is 4.90 Å². The molecular formula is C25H29N7O2. The number of benzene rings is 1. The number of rotatable bonds is 3. The van der Waals surface area contributed by atoms with E-state index in [1.54, 1.807) is 17.3 Å². The smallest absolute Gasteiger partial charge is 0.410 e. The average Bonchev–Trinajstić information content (AvgIpc) is 3.57. The third-order valence-corrected chi connectivity index (χ3v) is 6.21. The van der Waals surface area contributed by atoms with Crippen LogP contribution in [0, 0.1) is 11.3 Å². The monoisotopic (exact) mass is 459 g/mol. The summed E-state index contributed by atoms with van der Waals surface area (Å²) in [6.07, 6.45) is 3.49. The molecule has 1 aliphatic carbocycles. The Morgan fingerprint density at radius 3 is 2.68 bits per heavy atom. The molecule has 9 nitrogen and oxygen atoms in total. The van der Waals surface area contributed by atoms with Gasteiger partial charge in [0.15, 0.2) is 5.65 Å². The van der Waals surface area contributed by atoms with Crippen LogP contribution in [0.4, 0.5) is 10.6 Å². The van der Waals surface area contributed by atoms with Gasteiger partial charge < -0.3 is 14.5 Å². The molecule has 9 heteroatoms. The highest BCUT2D eigenvalue weighted by molar-refractivity contribution is 5.91. The molecule has 0 spiro atoms. The Labute approximate surface area is 199 Å². The van der Waals surface area contributed by atoms with Gasteiger partial charge >= 0.3 is 6.09 Å². The highest BCUT2D eigenvalue weighted by Crippen LogP contribution is 2.45. The van der Waals surface area contributed by atoms with Crippen LogP contribution in [0.5, 0.6) is 0 Å². The van der Waals surface area contributed by atoms with Crippen molar-refractivity contribution in [2.75, 3.05) is 24.5 Å². The lowest BCUT2D eigenvalue weighted by Crippen LogP contribution is -2.54. The number of fused-ring (bicyclic) bond motifs is 1. The van der Waals surface area contributed by atoms with Crippen molar-refractivity contribution in [1.29, 1.82) is 5.26 Å². The summed E-state index contributed by atoms with van der Waals surface area (Å²) in [5.74, 6) is 1.25. The number of hydrogen-bond donors (Lipinski definition) is 0. The zero-order valence-electron chi connectivity index (χ0n) is 20.0. The van der Waals surface area contributed by atoms with E-state index >= 15 is 0 Å². The normalized spacial score (nSPS) is 18.7. The van der Waals surface area contributed by atoms with Gasteiger partial charge in [-0.3, -0.25) is 0 Å². The summed E-state index contributed by atoms with van der Waals surface area (Å²) in [6, 6.07) is 9.66. The summed E-state index contributed by atoms with van der Waals surface area (Å²) in [7, 11) is 0. The van der Waals surface area contributed by atoms with Crippen LogP contribution in [-0.2, 0) is 4.74 Å². The van der Waals surface area contributed by atoms with E-state index in [0.29, 0.717) is 31.1 Å². The summed E-state index contributed by atoms with van der Waals surface area (Å²) in [5.41, 5.74) is 2.62. The molecule has 176 valence electrons. The van der Waals surface area contributed by atoms with Crippen molar-refractivity contribution in [2.45, 2.75) is 58.1 Å². The third-order valence-electron chi connectivity index (χ3n) is 6.21. The van der Waals surface area contributed by atoms with E-state index in [4.69, 9.17) is 14.8 Å². The van der Waals surface area contributed by atoms with Gasteiger partial charge in [0.25, 0.3) is 0 Å². The van der Waals surface area contributed by atoms with Crippen LogP contribution in [0.15, 0.2) is 30.6 Å². The Morgan fingerprint density at radius 1 is 1.21 bits per heavy atom. The quantitative estimate of drug-likeness (QED) is 0.583. The van der Waals surface area contributed by atoms with Crippen molar-refractivity contribution in [3.05, 3.63) is 41.9 Å². The van der Waals surface area contributed by atoms with E-state index in [9.17, 15) is 10.1 Å². The Morgan fingerprint density at radius 2 is 2.00 bits per heavy atom. The minimum Gasteiger partial charge on any atom is -0.444 e. The van der Waals surface area contributed by atoms with Crippen LogP contribution in [0.25, 0.3) is 16.7 Å². The highest BCUT2D eigenvalue weighted by Gasteiger charge is 2.35. The lowest BCUT2D eigenvalue weighted by Gasteiger charge is -2.41. The molecule has 2 aliphatic rings. The largest absolute Gasteiger partial charge is 0.444 e. The minimum atomic E-state index is -0.521. The third kappa shape index (κ3) is 4.16. The fourth-order valence-electron chi connectivity index (χ4n) is 4.47. The van der Waals surface area contributed by atoms with Gasteiger partial charge in [-0.05, 0) is 58.7 Å². The molecule has 0 N–H and O–H groups in total. The average molecular weight is 460 g/mol. The molecule has 2 fully saturated rings. The molecule has 0 bridgehead atoms. The SMILES string of the molecule is CC1CN(C(=O)OC(C)(C)C)CCN1c1ncnc2c1c(C1CC1)nn2-c1cccc(C#N)c1. The van der Waals surface area contributed by atoms with Gasteiger partial charge in [-0.2, -0.15) is 10.4 Å². The van der Waals surface area contributed by atoms with Crippen molar-refractivity contribution in [2.24, 2.45) is 0 Å². The molecule has 1 amide bonds. The maximum atomic E-state index is 12.6. The zero-order chi connectivity index (χ0) is 24.0. The first-order chi connectivity index (χ1) is 16.2. The molecule has 1 atom stereocenters. The van der Waals surface area contributed by atoms with Crippen molar-refractivity contribution >= 4 is 22.9 Å². The summed E-state index contributed by atoms with van der Waals surface area (Å²) in [5, 5.41) is 15.3. The summed E-state index contributed by atoms with van der Waals surface area (Å²) in [4.78, 5) is 25.9. The zero-order valence-corrected chi connectivity index (χ0v) is 20.0.